The molecule has 168 valence electrons. The molecule has 0 spiro atoms. The highest BCUT2D eigenvalue weighted by Crippen LogP contribution is 2.34. The van der Waals surface area contributed by atoms with Crippen LogP contribution in [0.25, 0.3) is 22.2 Å². The molecule has 5 rings (SSSR count). The molecular weight excluding hydrogens is 418 g/mol. The molecule has 9 heteroatoms. The second-order valence-corrected chi connectivity index (χ2v) is 7.97. The molecule has 9 nitrogen and oxygen atoms in total. The van der Waals surface area contributed by atoms with E-state index in [2.05, 4.69) is 27.2 Å². The highest BCUT2D eigenvalue weighted by molar-refractivity contribution is 5.99. The molecule has 0 amide bonds. The van der Waals surface area contributed by atoms with Gasteiger partial charge in [0.15, 0.2) is 5.82 Å². The first kappa shape index (κ1) is 20.8. The number of nitrogens with one attached hydrogen (secondary N) is 2. The smallest absolute Gasteiger partial charge is 0.290 e. The number of hydrogen-bond acceptors (Lipinski definition) is 7. The number of nitrogen functional groups attached to an aromatic ring is 1. The predicted octanol–water partition coefficient (Wildman–Crippen LogP) is 3.45. The molecule has 0 saturated carbocycles. The van der Waals surface area contributed by atoms with Gasteiger partial charge in [-0.3, -0.25) is 9.48 Å². The number of fused-ring (bicyclic) bond motifs is 1. The highest BCUT2D eigenvalue weighted by Gasteiger charge is 2.27. The Labute approximate surface area is 190 Å². The van der Waals surface area contributed by atoms with E-state index in [0.717, 1.165) is 30.7 Å². The zero-order valence-electron chi connectivity index (χ0n) is 18.1. The van der Waals surface area contributed by atoms with Gasteiger partial charge in [-0.25, -0.2) is 10.1 Å². The number of anilines is 1. The molecule has 0 bridgehead atoms. The number of nitrogens with zero attached hydrogens (tertiary/aromatic N) is 4. The summed E-state index contributed by atoms with van der Waals surface area (Å²) < 4.78 is 7.69. The maximum atomic E-state index is 12.8. The first-order valence-corrected chi connectivity index (χ1v) is 10.9. The summed E-state index contributed by atoms with van der Waals surface area (Å²) in [5, 5.41) is 14.0. The molecule has 0 aliphatic carbocycles. The first-order valence-electron chi connectivity index (χ1n) is 10.9. The van der Waals surface area contributed by atoms with E-state index in [1.165, 1.54) is 0 Å². The van der Waals surface area contributed by atoms with Crippen molar-refractivity contribution in [2.24, 2.45) is 0 Å². The number of rotatable bonds is 6. The Kier molecular flexibility index (Phi) is 5.54. The summed E-state index contributed by atoms with van der Waals surface area (Å²) in [7, 11) is 0. The summed E-state index contributed by atoms with van der Waals surface area (Å²) >= 11 is 0. The number of aromatic amines is 1. The molecule has 2 aromatic heterocycles. The third-order valence-corrected chi connectivity index (χ3v) is 5.78. The third kappa shape index (κ3) is 4.06. The molecule has 1 aliphatic heterocycles. The van der Waals surface area contributed by atoms with E-state index < -0.39 is 0 Å². The van der Waals surface area contributed by atoms with Crippen LogP contribution < -0.4 is 21.5 Å². The zero-order valence-corrected chi connectivity index (χ0v) is 18.1. The molecule has 1 saturated heterocycles. The number of ether oxygens (including phenoxy) is 1. The van der Waals surface area contributed by atoms with Gasteiger partial charge < -0.3 is 15.9 Å². The number of H-pyrrole nitrogens is 1. The van der Waals surface area contributed by atoms with Crippen LogP contribution in [0.15, 0.2) is 72.2 Å². The van der Waals surface area contributed by atoms with Gasteiger partial charge in [0.2, 0.25) is 0 Å². The molecule has 0 unspecified atom stereocenters. The van der Waals surface area contributed by atoms with Gasteiger partial charge in [-0.2, -0.15) is 10.2 Å². The fourth-order valence-electron chi connectivity index (χ4n) is 4.29. The molecule has 33 heavy (non-hydrogen) atoms. The van der Waals surface area contributed by atoms with Crippen molar-refractivity contribution in [3.05, 3.63) is 77.7 Å². The summed E-state index contributed by atoms with van der Waals surface area (Å²) in [6, 6.07) is 17.2. The quantitative estimate of drug-likeness (QED) is 0.418. The fourth-order valence-corrected chi connectivity index (χ4v) is 4.29. The van der Waals surface area contributed by atoms with E-state index in [9.17, 15) is 4.79 Å². The van der Waals surface area contributed by atoms with Crippen LogP contribution in [-0.4, -0.2) is 38.1 Å². The second kappa shape index (κ2) is 8.79. The molecule has 3 heterocycles. The number of nitrogens with two attached hydrogens (primary N) is 1. The van der Waals surface area contributed by atoms with E-state index in [1.807, 2.05) is 54.6 Å². The van der Waals surface area contributed by atoms with E-state index in [1.54, 1.807) is 10.9 Å². The van der Waals surface area contributed by atoms with Crippen LogP contribution in [0, 0.1) is 0 Å². The van der Waals surface area contributed by atoms with E-state index >= 15 is 0 Å². The standard InChI is InChI=1S/C24H25N7O2/c1-2-26-30-14-6-7-17(15-30)31-22-20(23(25)27-28-24(22)32)21(29-31)16-10-12-19(13-11-16)33-18-8-4-3-5-9-18/h2-5,8-13,17,26H,1,6-7,14-15H2,(H2,25,27)(H,28,32)/t17-/m1/s1. The van der Waals surface area contributed by atoms with Gasteiger partial charge in [0.05, 0.1) is 11.4 Å². The van der Waals surface area contributed by atoms with Crippen molar-refractivity contribution in [2.75, 3.05) is 18.8 Å². The molecule has 0 radical (unpaired) electrons. The molecule has 4 N–H and O–H groups in total. The Morgan fingerprint density at radius 1 is 1.15 bits per heavy atom. The van der Waals surface area contributed by atoms with Crippen LogP contribution in [0.2, 0.25) is 0 Å². The first-order chi connectivity index (χ1) is 16.1. The summed E-state index contributed by atoms with van der Waals surface area (Å²) in [5.74, 6) is 1.71. The molecule has 1 fully saturated rings. The van der Waals surface area contributed by atoms with Crippen molar-refractivity contribution in [3.63, 3.8) is 0 Å². The fraction of sp³-hybridized carbons (Fsp3) is 0.208. The lowest BCUT2D eigenvalue weighted by Crippen LogP contribution is -2.43. The minimum absolute atomic E-state index is 0.00559. The van der Waals surface area contributed by atoms with Crippen LogP contribution in [0.3, 0.4) is 0 Å². The molecule has 1 atom stereocenters. The van der Waals surface area contributed by atoms with E-state index in [-0.39, 0.29) is 17.4 Å². The second-order valence-electron chi connectivity index (χ2n) is 7.97. The lowest BCUT2D eigenvalue weighted by Gasteiger charge is -2.32. The molecule has 2 aromatic carbocycles. The lowest BCUT2D eigenvalue weighted by molar-refractivity contribution is 0.136. The van der Waals surface area contributed by atoms with Crippen molar-refractivity contribution in [1.82, 2.24) is 30.4 Å². The largest absolute Gasteiger partial charge is 0.457 e. The summed E-state index contributed by atoms with van der Waals surface area (Å²) in [6.07, 6.45) is 3.52. The van der Waals surface area contributed by atoms with Crippen molar-refractivity contribution >= 4 is 16.7 Å². The van der Waals surface area contributed by atoms with E-state index in [4.69, 9.17) is 15.6 Å². The highest BCUT2D eigenvalue weighted by atomic mass is 16.5. The number of aromatic nitrogens is 4. The third-order valence-electron chi connectivity index (χ3n) is 5.78. The lowest BCUT2D eigenvalue weighted by atomic mass is 10.1. The van der Waals surface area contributed by atoms with Crippen LogP contribution in [0.4, 0.5) is 5.82 Å². The molecule has 4 aromatic rings. The predicted molar refractivity (Wildman–Crippen MR) is 128 cm³/mol. The average molecular weight is 444 g/mol. The Morgan fingerprint density at radius 2 is 1.91 bits per heavy atom. The van der Waals surface area contributed by atoms with Gasteiger partial charge in [0.25, 0.3) is 5.56 Å². The molecule has 1 aliphatic rings. The van der Waals surface area contributed by atoms with Crippen molar-refractivity contribution in [3.8, 4) is 22.8 Å². The van der Waals surface area contributed by atoms with Gasteiger partial charge >= 0.3 is 0 Å². The SMILES string of the molecule is C=CNN1CCC[C@@H](n2nc(-c3ccc(Oc4ccccc4)cc3)c3c(N)n[nH]c(=O)c32)C1. The Balaban J connectivity index is 1.54. The maximum absolute atomic E-state index is 12.8. The number of para-hydroxylation sites is 1. The van der Waals surface area contributed by atoms with Gasteiger partial charge in [0.1, 0.15) is 22.7 Å². The van der Waals surface area contributed by atoms with Crippen molar-refractivity contribution < 1.29 is 4.74 Å². The maximum Gasteiger partial charge on any atom is 0.290 e. The Hall–Kier alpha value is -4.11. The van der Waals surface area contributed by atoms with Gasteiger partial charge in [-0.15, -0.1) is 0 Å². The van der Waals surface area contributed by atoms with Crippen LogP contribution in [0.1, 0.15) is 18.9 Å². The number of piperidine rings is 1. The Morgan fingerprint density at radius 3 is 2.67 bits per heavy atom. The number of hydrazine groups is 1. The summed E-state index contributed by atoms with van der Waals surface area (Å²) in [6.45, 7) is 5.33. The minimum Gasteiger partial charge on any atom is -0.457 e. The Bertz CT molecular complexity index is 1330. The average Bonchev–Trinajstić information content (AvgIpc) is 3.25. The van der Waals surface area contributed by atoms with Crippen molar-refractivity contribution in [2.45, 2.75) is 18.9 Å². The van der Waals surface area contributed by atoms with Crippen LogP contribution >= 0.6 is 0 Å². The molecular formula is C24H25N7O2. The topological polar surface area (TPSA) is 114 Å². The minimum atomic E-state index is -0.309. The van der Waals surface area contributed by atoms with Crippen LogP contribution in [0.5, 0.6) is 11.5 Å². The van der Waals surface area contributed by atoms with Crippen LogP contribution in [-0.2, 0) is 0 Å². The van der Waals surface area contributed by atoms with Gasteiger partial charge in [0, 0.05) is 24.9 Å². The number of benzene rings is 2. The number of hydrogen-bond donors (Lipinski definition) is 3. The normalized spacial score (nSPS) is 16.5. The van der Waals surface area contributed by atoms with Crippen molar-refractivity contribution in [1.29, 1.82) is 0 Å². The summed E-state index contributed by atoms with van der Waals surface area (Å²) in [4.78, 5) is 12.8. The van der Waals surface area contributed by atoms with Gasteiger partial charge in [-0.1, -0.05) is 24.8 Å². The zero-order chi connectivity index (χ0) is 22.8. The van der Waals surface area contributed by atoms with E-state index in [0.29, 0.717) is 28.9 Å². The van der Waals surface area contributed by atoms with Gasteiger partial charge in [-0.05, 0) is 49.2 Å². The monoisotopic (exact) mass is 443 g/mol. The summed E-state index contributed by atoms with van der Waals surface area (Å²) in [5.41, 5.74) is 10.9.